The summed E-state index contributed by atoms with van der Waals surface area (Å²) in [5, 5.41) is 4.13. The number of alkyl halides is 1. The molecule has 2 heterocycles. The Balaban J connectivity index is 2.00. The summed E-state index contributed by atoms with van der Waals surface area (Å²) in [5.74, 6) is 0.466. The maximum absolute atomic E-state index is 12.4. The Kier molecular flexibility index (Phi) is 4.83. The molecular formula is C11H18ClN3O3S. The number of hydrogen-bond donors (Lipinski definition) is 0. The Hall–Kier alpha value is -0.630. The lowest BCUT2D eigenvalue weighted by molar-refractivity contribution is 0.0300. The van der Waals surface area contributed by atoms with Crippen LogP contribution < -0.4 is 0 Å². The maximum Gasteiger partial charge on any atom is 0.260 e. The normalized spacial score (nSPS) is 18.8. The van der Waals surface area contributed by atoms with Gasteiger partial charge in [-0.15, -0.1) is 11.6 Å². The molecule has 0 atom stereocenters. The van der Waals surface area contributed by atoms with Crippen molar-refractivity contribution in [3.63, 3.8) is 0 Å². The van der Waals surface area contributed by atoms with Crippen LogP contribution in [0.4, 0.5) is 0 Å². The van der Waals surface area contributed by atoms with E-state index in [1.54, 1.807) is 7.05 Å². The molecule has 8 heteroatoms. The molecule has 1 fully saturated rings. The number of halogens is 1. The second kappa shape index (κ2) is 6.21. The Labute approximate surface area is 118 Å². The van der Waals surface area contributed by atoms with Crippen LogP contribution in [0.3, 0.4) is 0 Å². The highest BCUT2D eigenvalue weighted by Crippen LogP contribution is 2.21. The lowest BCUT2D eigenvalue weighted by atomic mass is 10.1. The van der Waals surface area contributed by atoms with E-state index >= 15 is 0 Å². The third kappa shape index (κ3) is 3.28. The first kappa shape index (κ1) is 14.8. The lowest BCUT2D eigenvalue weighted by Crippen LogP contribution is -2.41. The van der Waals surface area contributed by atoms with E-state index in [9.17, 15) is 8.42 Å². The molecule has 0 aromatic carbocycles. The van der Waals surface area contributed by atoms with Gasteiger partial charge in [0.25, 0.3) is 10.0 Å². The third-order valence-corrected chi connectivity index (χ3v) is 5.34. The van der Waals surface area contributed by atoms with Gasteiger partial charge in [0.2, 0.25) is 0 Å². The number of hydrogen-bond acceptors (Lipinski definition) is 4. The van der Waals surface area contributed by atoms with Crippen LogP contribution in [0.2, 0.25) is 0 Å². The highest BCUT2D eigenvalue weighted by Gasteiger charge is 2.31. The first-order valence-corrected chi connectivity index (χ1v) is 8.19. The molecule has 0 bridgehead atoms. The van der Waals surface area contributed by atoms with E-state index in [1.807, 2.05) is 0 Å². The molecule has 0 N–H and O–H groups in total. The average Bonchev–Trinajstić information content (AvgIpc) is 2.84. The molecule has 0 saturated carbocycles. The summed E-state index contributed by atoms with van der Waals surface area (Å²) < 4.78 is 33.2. The van der Waals surface area contributed by atoms with Crippen molar-refractivity contribution in [3.8, 4) is 0 Å². The molecule has 6 nitrogen and oxygen atoms in total. The minimum atomic E-state index is -3.44. The summed E-state index contributed by atoms with van der Waals surface area (Å²) in [4.78, 5) is 0. The zero-order valence-corrected chi connectivity index (χ0v) is 12.4. The number of sulfonamides is 1. The number of rotatable bonds is 5. The van der Waals surface area contributed by atoms with Gasteiger partial charge in [-0.2, -0.15) is 9.40 Å². The monoisotopic (exact) mass is 307 g/mol. The Morgan fingerprint density at radius 2 is 2.16 bits per heavy atom. The van der Waals surface area contributed by atoms with Crippen LogP contribution in [0.25, 0.3) is 0 Å². The predicted molar refractivity (Wildman–Crippen MR) is 71.7 cm³/mol. The van der Waals surface area contributed by atoms with E-state index in [1.165, 1.54) is 21.3 Å². The van der Waals surface area contributed by atoms with Gasteiger partial charge < -0.3 is 4.74 Å². The van der Waals surface area contributed by atoms with Crippen LogP contribution in [0, 0.1) is 0 Å². The van der Waals surface area contributed by atoms with E-state index in [2.05, 4.69) is 5.10 Å². The maximum atomic E-state index is 12.4. The van der Waals surface area contributed by atoms with Crippen LogP contribution in [0.5, 0.6) is 0 Å². The smallest absolute Gasteiger partial charge is 0.260 e. The summed E-state index contributed by atoms with van der Waals surface area (Å²) in [7, 11) is -1.81. The molecule has 1 aromatic rings. The number of nitrogens with zero attached hydrogens (tertiary/aromatic N) is 3. The molecule has 0 radical (unpaired) electrons. The van der Waals surface area contributed by atoms with E-state index < -0.39 is 10.0 Å². The molecular weight excluding hydrogens is 290 g/mol. The molecule has 0 unspecified atom stereocenters. The Bertz CT molecular complexity index is 509. The van der Waals surface area contributed by atoms with Crippen molar-refractivity contribution in [3.05, 3.63) is 12.3 Å². The average molecular weight is 308 g/mol. The van der Waals surface area contributed by atoms with Gasteiger partial charge in [-0.3, -0.25) is 4.68 Å². The molecule has 0 aliphatic carbocycles. The summed E-state index contributed by atoms with van der Waals surface area (Å²) in [6.45, 7) is 1.46. The van der Waals surface area contributed by atoms with E-state index in [0.717, 1.165) is 0 Å². The fraction of sp³-hybridized carbons (Fsp3) is 0.727. The van der Waals surface area contributed by atoms with Crippen LogP contribution >= 0.6 is 11.6 Å². The van der Waals surface area contributed by atoms with E-state index in [4.69, 9.17) is 16.3 Å². The number of piperidine rings is 1. The zero-order valence-electron chi connectivity index (χ0n) is 10.8. The second-order valence-corrected chi connectivity index (χ2v) is 6.72. The van der Waals surface area contributed by atoms with Gasteiger partial charge in [-0.25, -0.2) is 8.42 Å². The van der Waals surface area contributed by atoms with Crippen molar-refractivity contribution < 1.29 is 13.2 Å². The first-order valence-electron chi connectivity index (χ1n) is 6.21. The van der Waals surface area contributed by atoms with Crippen molar-refractivity contribution >= 4 is 21.6 Å². The fourth-order valence-electron chi connectivity index (χ4n) is 2.20. The lowest BCUT2D eigenvalue weighted by Gasteiger charge is -2.30. The van der Waals surface area contributed by atoms with Crippen molar-refractivity contribution in [2.24, 2.45) is 7.05 Å². The minimum absolute atomic E-state index is 0.108. The molecule has 19 heavy (non-hydrogen) atoms. The molecule has 2 rings (SSSR count). The molecule has 1 aliphatic rings. The van der Waals surface area contributed by atoms with E-state index in [-0.39, 0.29) is 11.1 Å². The standard InChI is InChI=1S/C11H18ClN3O3S/c1-14-11(2-6-13-14)19(16,17)15-7-3-10(4-8-15)18-9-5-12/h2,6,10H,3-5,7-9H2,1H3. The Morgan fingerprint density at radius 3 is 2.68 bits per heavy atom. The first-order chi connectivity index (χ1) is 9.05. The molecule has 108 valence electrons. The molecule has 0 amide bonds. The zero-order chi connectivity index (χ0) is 13.9. The number of aryl methyl sites for hydroxylation is 1. The van der Waals surface area contributed by atoms with Gasteiger partial charge in [0.15, 0.2) is 5.03 Å². The van der Waals surface area contributed by atoms with Gasteiger partial charge in [0.1, 0.15) is 0 Å². The number of aromatic nitrogens is 2. The van der Waals surface area contributed by atoms with E-state index in [0.29, 0.717) is 38.4 Å². The molecule has 1 aromatic heterocycles. The quantitative estimate of drug-likeness (QED) is 0.756. The van der Waals surface area contributed by atoms with Gasteiger partial charge in [-0.05, 0) is 18.9 Å². The van der Waals surface area contributed by atoms with Gasteiger partial charge in [0.05, 0.1) is 18.9 Å². The van der Waals surface area contributed by atoms with Crippen molar-refractivity contribution in [1.82, 2.24) is 14.1 Å². The summed E-state index contributed by atoms with van der Waals surface area (Å²) >= 11 is 5.57. The van der Waals surface area contributed by atoms with Gasteiger partial charge in [0, 0.05) is 26.0 Å². The van der Waals surface area contributed by atoms with Crippen molar-refractivity contribution in [1.29, 1.82) is 0 Å². The summed E-state index contributed by atoms with van der Waals surface area (Å²) in [6, 6.07) is 1.52. The Morgan fingerprint density at radius 1 is 1.47 bits per heavy atom. The van der Waals surface area contributed by atoms with Gasteiger partial charge in [-0.1, -0.05) is 0 Å². The van der Waals surface area contributed by atoms with Crippen molar-refractivity contribution in [2.75, 3.05) is 25.6 Å². The third-order valence-electron chi connectivity index (χ3n) is 3.21. The highest BCUT2D eigenvalue weighted by molar-refractivity contribution is 7.89. The topological polar surface area (TPSA) is 64.4 Å². The number of ether oxygens (including phenoxy) is 1. The summed E-state index contributed by atoms with van der Waals surface area (Å²) in [5.41, 5.74) is 0. The van der Waals surface area contributed by atoms with Crippen molar-refractivity contribution in [2.45, 2.75) is 24.0 Å². The van der Waals surface area contributed by atoms with Crippen LogP contribution in [-0.4, -0.2) is 54.2 Å². The van der Waals surface area contributed by atoms with Crippen LogP contribution in [-0.2, 0) is 21.8 Å². The minimum Gasteiger partial charge on any atom is -0.377 e. The van der Waals surface area contributed by atoms with Crippen LogP contribution in [0.15, 0.2) is 17.3 Å². The molecule has 1 saturated heterocycles. The predicted octanol–water partition coefficient (Wildman–Crippen LogP) is 0.829. The second-order valence-electron chi connectivity index (χ2n) is 4.46. The van der Waals surface area contributed by atoms with Gasteiger partial charge >= 0.3 is 0 Å². The van der Waals surface area contributed by atoms with Crippen LogP contribution in [0.1, 0.15) is 12.8 Å². The SMILES string of the molecule is Cn1nccc1S(=O)(=O)N1CCC(OCCCl)CC1. The largest absolute Gasteiger partial charge is 0.377 e. The highest BCUT2D eigenvalue weighted by atomic mass is 35.5. The molecule has 0 spiro atoms. The molecule has 1 aliphatic heterocycles. The fourth-order valence-corrected chi connectivity index (χ4v) is 3.86. The summed E-state index contributed by atoms with van der Waals surface area (Å²) in [6.07, 6.45) is 3.00.